The Balaban J connectivity index is 1.73. The van der Waals surface area contributed by atoms with Crippen LogP contribution in [-0.4, -0.2) is 37.0 Å². The van der Waals surface area contributed by atoms with Gasteiger partial charge in [-0.1, -0.05) is 36.4 Å². The number of esters is 1. The molecule has 0 radical (unpaired) electrons. The van der Waals surface area contributed by atoms with Crippen molar-refractivity contribution in [2.75, 3.05) is 20.2 Å². The largest absolute Gasteiger partial charge is 0.469 e. The Morgan fingerprint density at radius 3 is 2.40 bits per heavy atom. The number of likely N-dealkylation sites (tertiary alicyclic amines) is 1. The number of rotatable bonds is 3. The molecule has 3 aromatic rings. The first kappa shape index (κ1) is 19.9. The predicted octanol–water partition coefficient (Wildman–Crippen LogP) is 3.79. The number of ether oxygens (including phenoxy) is 1. The van der Waals surface area contributed by atoms with Gasteiger partial charge in [0, 0.05) is 24.2 Å². The fourth-order valence-corrected chi connectivity index (χ4v) is 4.00. The molecule has 0 aliphatic carbocycles. The quantitative estimate of drug-likeness (QED) is 0.620. The van der Waals surface area contributed by atoms with Gasteiger partial charge in [-0.05, 0) is 31.9 Å². The number of carbonyl (C=O) groups excluding carboxylic acids is 2. The van der Waals surface area contributed by atoms with E-state index in [9.17, 15) is 14.4 Å². The van der Waals surface area contributed by atoms with Gasteiger partial charge in [-0.25, -0.2) is 0 Å². The molecule has 0 saturated carbocycles. The van der Waals surface area contributed by atoms with Crippen molar-refractivity contribution in [3.63, 3.8) is 0 Å². The Morgan fingerprint density at radius 2 is 1.73 bits per heavy atom. The molecule has 2 aromatic carbocycles. The Bertz CT molecular complexity index is 1160. The Morgan fingerprint density at radius 1 is 1.03 bits per heavy atom. The van der Waals surface area contributed by atoms with E-state index in [1.54, 1.807) is 30.0 Å². The topological polar surface area (TPSA) is 76.8 Å². The highest BCUT2D eigenvalue weighted by molar-refractivity contribution is 6.05. The Hall–Kier alpha value is -3.41. The van der Waals surface area contributed by atoms with Gasteiger partial charge in [0.25, 0.3) is 5.91 Å². The van der Waals surface area contributed by atoms with Crippen LogP contribution in [-0.2, 0) is 9.53 Å². The van der Waals surface area contributed by atoms with Crippen molar-refractivity contribution in [3.05, 3.63) is 69.9 Å². The van der Waals surface area contributed by atoms with Crippen molar-refractivity contribution < 1.29 is 18.7 Å². The number of piperidine rings is 1. The highest BCUT2D eigenvalue weighted by atomic mass is 16.5. The number of fused-ring (bicyclic) bond motifs is 1. The van der Waals surface area contributed by atoms with Crippen LogP contribution in [0.25, 0.3) is 22.3 Å². The number of carbonyl (C=O) groups is 2. The van der Waals surface area contributed by atoms with Crippen LogP contribution in [0.5, 0.6) is 0 Å². The lowest BCUT2D eigenvalue weighted by molar-refractivity contribution is -0.146. The van der Waals surface area contributed by atoms with Crippen LogP contribution in [0.1, 0.15) is 28.8 Å². The third kappa shape index (κ3) is 3.49. The van der Waals surface area contributed by atoms with E-state index in [-0.39, 0.29) is 23.2 Å². The maximum Gasteiger partial charge on any atom is 0.308 e. The summed E-state index contributed by atoms with van der Waals surface area (Å²) in [5.74, 6) is -0.147. The van der Waals surface area contributed by atoms with Crippen molar-refractivity contribution >= 4 is 22.8 Å². The van der Waals surface area contributed by atoms with E-state index in [1.807, 2.05) is 30.3 Å². The minimum atomic E-state index is -0.235. The van der Waals surface area contributed by atoms with Crippen LogP contribution in [0.4, 0.5) is 0 Å². The van der Waals surface area contributed by atoms with Gasteiger partial charge in [-0.3, -0.25) is 14.4 Å². The first-order valence-electron chi connectivity index (χ1n) is 10.00. The number of hydrogen-bond donors (Lipinski definition) is 0. The van der Waals surface area contributed by atoms with E-state index in [4.69, 9.17) is 9.15 Å². The number of benzene rings is 2. The fourth-order valence-electron chi connectivity index (χ4n) is 4.00. The second-order valence-corrected chi connectivity index (χ2v) is 7.52. The van der Waals surface area contributed by atoms with Gasteiger partial charge in [0.05, 0.1) is 24.0 Å². The molecule has 154 valence electrons. The summed E-state index contributed by atoms with van der Waals surface area (Å²) in [6.45, 7) is 2.65. The molecule has 0 N–H and O–H groups in total. The van der Waals surface area contributed by atoms with Gasteiger partial charge >= 0.3 is 5.97 Å². The summed E-state index contributed by atoms with van der Waals surface area (Å²) >= 11 is 0. The van der Waals surface area contributed by atoms with Gasteiger partial charge in [0.1, 0.15) is 5.76 Å². The van der Waals surface area contributed by atoms with Crippen molar-refractivity contribution in [3.8, 4) is 11.3 Å². The van der Waals surface area contributed by atoms with Crippen LogP contribution < -0.4 is 5.43 Å². The number of hydrogen-bond acceptors (Lipinski definition) is 5. The molecular formula is C24H23NO5. The monoisotopic (exact) mass is 405 g/mol. The van der Waals surface area contributed by atoms with Gasteiger partial charge < -0.3 is 14.1 Å². The normalized spacial score (nSPS) is 14.7. The Labute approximate surface area is 174 Å². The van der Waals surface area contributed by atoms with Gasteiger partial charge in [0.15, 0.2) is 11.0 Å². The van der Waals surface area contributed by atoms with Gasteiger partial charge in [0.2, 0.25) is 0 Å². The summed E-state index contributed by atoms with van der Waals surface area (Å²) in [6, 6.07) is 14.5. The minimum Gasteiger partial charge on any atom is -0.469 e. The third-order valence-corrected chi connectivity index (χ3v) is 5.73. The summed E-state index contributed by atoms with van der Waals surface area (Å²) in [6.07, 6.45) is 1.11. The standard InChI is InChI=1S/C24H23NO5/c1-15-20(26)18-9-6-10-19(22(18)30-21(15)16-7-4-3-5-8-16)23(27)25-13-11-17(12-14-25)24(28)29-2/h3-10,17H,11-14H2,1-2H3. The van der Waals surface area contributed by atoms with E-state index in [1.165, 1.54) is 7.11 Å². The molecule has 0 atom stereocenters. The molecule has 0 bridgehead atoms. The van der Waals surface area contributed by atoms with Crippen LogP contribution in [0.15, 0.2) is 57.7 Å². The van der Waals surface area contributed by atoms with Crippen molar-refractivity contribution in [1.82, 2.24) is 4.90 Å². The number of nitrogens with zero attached hydrogens (tertiary/aromatic N) is 1. The molecule has 4 rings (SSSR count). The minimum absolute atomic E-state index is 0.144. The molecule has 30 heavy (non-hydrogen) atoms. The Kier molecular flexibility index (Phi) is 5.40. The molecule has 1 fully saturated rings. The van der Waals surface area contributed by atoms with Crippen LogP contribution in [0.3, 0.4) is 0 Å². The van der Waals surface area contributed by atoms with Crippen LogP contribution in [0.2, 0.25) is 0 Å². The molecule has 1 aliphatic heterocycles. The van der Waals surface area contributed by atoms with E-state index >= 15 is 0 Å². The molecule has 6 nitrogen and oxygen atoms in total. The highest BCUT2D eigenvalue weighted by Crippen LogP contribution is 2.28. The zero-order valence-electron chi connectivity index (χ0n) is 17.0. The fraction of sp³-hybridized carbons (Fsp3) is 0.292. The number of amides is 1. The molecule has 0 unspecified atom stereocenters. The molecule has 6 heteroatoms. The summed E-state index contributed by atoms with van der Waals surface area (Å²) in [7, 11) is 1.38. The highest BCUT2D eigenvalue weighted by Gasteiger charge is 2.29. The van der Waals surface area contributed by atoms with Gasteiger partial charge in [-0.2, -0.15) is 0 Å². The first-order chi connectivity index (χ1) is 14.5. The van der Waals surface area contributed by atoms with E-state index in [2.05, 4.69) is 0 Å². The van der Waals surface area contributed by atoms with Crippen LogP contribution >= 0.6 is 0 Å². The van der Waals surface area contributed by atoms with E-state index < -0.39 is 0 Å². The lowest BCUT2D eigenvalue weighted by atomic mass is 9.96. The molecule has 2 heterocycles. The summed E-state index contributed by atoms with van der Waals surface area (Å²) < 4.78 is 11.0. The van der Waals surface area contributed by atoms with E-state index in [0.29, 0.717) is 53.8 Å². The lowest BCUT2D eigenvalue weighted by Crippen LogP contribution is -2.40. The molecule has 1 saturated heterocycles. The van der Waals surface area contributed by atoms with Crippen molar-refractivity contribution in [2.24, 2.45) is 5.92 Å². The van der Waals surface area contributed by atoms with Crippen LogP contribution in [0, 0.1) is 12.8 Å². The van der Waals surface area contributed by atoms with E-state index in [0.717, 1.165) is 5.56 Å². The second kappa shape index (κ2) is 8.14. The summed E-state index contributed by atoms with van der Waals surface area (Å²) in [5, 5.41) is 0.391. The average Bonchev–Trinajstić information content (AvgIpc) is 2.80. The smallest absolute Gasteiger partial charge is 0.308 e. The average molecular weight is 405 g/mol. The maximum absolute atomic E-state index is 13.3. The zero-order chi connectivity index (χ0) is 21.3. The molecule has 1 amide bonds. The van der Waals surface area contributed by atoms with Crippen molar-refractivity contribution in [2.45, 2.75) is 19.8 Å². The first-order valence-corrected chi connectivity index (χ1v) is 10.00. The SMILES string of the molecule is COC(=O)C1CCN(C(=O)c2cccc3c(=O)c(C)c(-c4ccccc4)oc23)CC1. The third-order valence-electron chi connectivity index (χ3n) is 5.73. The second-order valence-electron chi connectivity index (χ2n) is 7.52. The zero-order valence-corrected chi connectivity index (χ0v) is 17.0. The summed E-state index contributed by atoms with van der Waals surface area (Å²) in [4.78, 5) is 39.7. The molecule has 0 spiro atoms. The number of para-hydroxylation sites is 1. The molecule has 1 aliphatic rings. The summed E-state index contributed by atoms with van der Waals surface area (Å²) in [5.41, 5.74) is 1.81. The van der Waals surface area contributed by atoms with Gasteiger partial charge in [-0.15, -0.1) is 0 Å². The molecular weight excluding hydrogens is 382 g/mol. The van der Waals surface area contributed by atoms with Crippen molar-refractivity contribution in [1.29, 1.82) is 0 Å². The number of methoxy groups -OCH3 is 1. The maximum atomic E-state index is 13.3. The predicted molar refractivity (Wildman–Crippen MR) is 113 cm³/mol. The lowest BCUT2D eigenvalue weighted by Gasteiger charge is -2.30. The molecule has 1 aromatic heterocycles.